The van der Waals surface area contributed by atoms with Gasteiger partial charge in [-0.15, -0.1) is 10.2 Å². The van der Waals surface area contributed by atoms with E-state index < -0.39 is 24.1 Å². The lowest BCUT2D eigenvalue weighted by atomic mass is 9.98. The topological polar surface area (TPSA) is 248 Å². The number of likely N-dealkylation sites (tertiary alicyclic amines) is 1. The molecule has 2 aromatic carbocycles. The zero-order valence-electron chi connectivity index (χ0n) is 43.3. The number of piperazine rings is 1. The first-order valence-electron chi connectivity index (χ1n) is 25.4. The van der Waals surface area contributed by atoms with Gasteiger partial charge in [-0.25, -0.2) is 14.6 Å². The van der Waals surface area contributed by atoms with Crippen LogP contribution in [0.1, 0.15) is 93.3 Å². The summed E-state index contributed by atoms with van der Waals surface area (Å²) in [5, 5.41) is 35.4. The summed E-state index contributed by atoms with van der Waals surface area (Å²) in [4.78, 5) is 86.6. The first kappa shape index (κ1) is 51.7. The number of phenols is 2. The van der Waals surface area contributed by atoms with Gasteiger partial charge in [0.05, 0.1) is 34.0 Å². The van der Waals surface area contributed by atoms with Gasteiger partial charge >= 0.3 is 11.8 Å². The molecule has 0 aliphatic carbocycles. The zero-order valence-corrected chi connectivity index (χ0v) is 43.3. The van der Waals surface area contributed by atoms with Crippen molar-refractivity contribution in [2.45, 2.75) is 91.5 Å². The van der Waals surface area contributed by atoms with E-state index in [1.54, 1.807) is 62.9 Å². The molecular formula is C54H63N13O8. The summed E-state index contributed by atoms with van der Waals surface area (Å²) < 4.78 is 10.5. The smallest absolute Gasteiger partial charge is 0.408 e. The quantitative estimate of drug-likeness (QED) is 0.104. The molecule has 392 valence electrons. The Labute approximate surface area is 433 Å². The van der Waals surface area contributed by atoms with Crippen LogP contribution in [-0.2, 0) is 27.9 Å². The van der Waals surface area contributed by atoms with Crippen LogP contribution >= 0.6 is 0 Å². The van der Waals surface area contributed by atoms with Gasteiger partial charge in [0.25, 0.3) is 11.8 Å². The second-order valence-corrected chi connectivity index (χ2v) is 19.8. The predicted octanol–water partition coefficient (Wildman–Crippen LogP) is 5.59. The van der Waals surface area contributed by atoms with Crippen molar-refractivity contribution in [3.63, 3.8) is 0 Å². The largest absolute Gasteiger partial charge is 0.508 e. The number of piperidine rings is 1. The molecule has 2 saturated heterocycles. The van der Waals surface area contributed by atoms with Gasteiger partial charge < -0.3 is 35.4 Å². The number of alkyl carbamates (subject to hydrolysis) is 1. The number of phenolic OH excluding ortho intramolecular Hbond substituents is 2. The highest BCUT2D eigenvalue weighted by molar-refractivity contribution is 6.00. The molecular weight excluding hydrogens is 959 g/mol. The lowest BCUT2D eigenvalue weighted by Gasteiger charge is -2.35. The third-order valence-corrected chi connectivity index (χ3v) is 14.1. The van der Waals surface area contributed by atoms with Crippen molar-refractivity contribution >= 4 is 45.9 Å². The Bertz CT molecular complexity index is 3330. The monoisotopic (exact) mass is 1020 g/mol. The van der Waals surface area contributed by atoms with Gasteiger partial charge in [0.15, 0.2) is 11.9 Å². The Balaban J connectivity index is 0.749. The van der Waals surface area contributed by atoms with Crippen molar-refractivity contribution in [2.75, 3.05) is 45.8 Å². The molecule has 2 fully saturated rings. The van der Waals surface area contributed by atoms with E-state index in [4.69, 9.17) is 9.72 Å². The molecule has 0 bridgehead atoms. The molecule has 5 aromatic heterocycles. The molecule has 1 unspecified atom stereocenters. The highest BCUT2D eigenvalue weighted by Gasteiger charge is 2.32. The number of fused-ring (bicyclic) bond motifs is 3. The van der Waals surface area contributed by atoms with Crippen molar-refractivity contribution < 1.29 is 34.1 Å². The maximum Gasteiger partial charge on any atom is 0.408 e. The number of nitrogens with one attached hydrogen (secondary N) is 2. The highest BCUT2D eigenvalue weighted by atomic mass is 16.6. The Morgan fingerprint density at radius 3 is 2.25 bits per heavy atom. The number of benzene rings is 2. The minimum absolute atomic E-state index is 0.0382. The lowest BCUT2D eigenvalue weighted by molar-refractivity contribution is -0.141. The molecule has 4 amide bonds. The summed E-state index contributed by atoms with van der Waals surface area (Å²) in [5.41, 5.74) is 7.43. The van der Waals surface area contributed by atoms with Crippen LogP contribution in [0, 0.1) is 6.92 Å². The predicted molar refractivity (Wildman–Crippen MR) is 280 cm³/mol. The maximum atomic E-state index is 13.8. The van der Waals surface area contributed by atoms with E-state index in [2.05, 4.69) is 35.7 Å². The summed E-state index contributed by atoms with van der Waals surface area (Å²) in [6, 6.07) is 17.5. The fraction of sp³-hybridized carbons (Fsp3) is 0.407. The fourth-order valence-corrected chi connectivity index (χ4v) is 9.98. The number of rotatable bonds is 14. The summed E-state index contributed by atoms with van der Waals surface area (Å²) in [6.07, 6.45) is 2.65. The van der Waals surface area contributed by atoms with Crippen LogP contribution in [0.3, 0.4) is 0 Å². The number of nitrogens with zero attached hydrogens (tertiary/aromatic N) is 11. The molecule has 0 radical (unpaired) electrons. The Hall–Kier alpha value is -8.20. The molecule has 9 rings (SSSR count). The second-order valence-electron chi connectivity index (χ2n) is 19.8. The minimum atomic E-state index is -1.08. The van der Waals surface area contributed by atoms with Crippen LogP contribution < -0.4 is 16.3 Å². The molecule has 2 aliphatic rings. The minimum Gasteiger partial charge on any atom is -0.508 e. The Morgan fingerprint density at radius 1 is 0.840 bits per heavy atom. The van der Waals surface area contributed by atoms with Crippen LogP contribution in [0.25, 0.3) is 50.4 Å². The summed E-state index contributed by atoms with van der Waals surface area (Å²) in [5.74, 6) is -0.876. The van der Waals surface area contributed by atoms with Gasteiger partial charge in [0, 0.05) is 107 Å². The van der Waals surface area contributed by atoms with Crippen LogP contribution in [-0.4, -0.2) is 146 Å². The van der Waals surface area contributed by atoms with Crippen LogP contribution in [0.15, 0.2) is 77.9 Å². The Kier molecular flexibility index (Phi) is 15.0. The Morgan fingerprint density at radius 2 is 1.57 bits per heavy atom. The SMILES string of the molecule is CCNC(=O)c1nnc(-c2cc(C(C)C)c(O)cc2O)n1-c1ccc(CN2CCN(C(=O)CC(C)NC(=O)O[C@@H](C)C(=O)N3CCC(n4c(=O)n(C)c5cnc6ccc(-c7ccc(C)nc7)nc6c54)CC3)CC2)cc1. The first-order chi connectivity index (χ1) is 36.0. The number of aromatic nitrogens is 8. The van der Waals surface area contributed by atoms with Crippen molar-refractivity contribution in [3.05, 3.63) is 106 Å². The first-order valence-corrected chi connectivity index (χ1v) is 25.4. The number of carbonyl (C=O) groups excluding carboxylic acids is 4. The van der Waals surface area contributed by atoms with Crippen LogP contribution in [0.4, 0.5) is 4.79 Å². The summed E-state index contributed by atoms with van der Waals surface area (Å²) in [7, 11) is 1.72. The molecule has 0 saturated carbocycles. The average Bonchev–Trinajstić information content (AvgIpc) is 3.96. The third-order valence-electron chi connectivity index (χ3n) is 14.1. The normalized spacial score (nSPS) is 15.4. The van der Waals surface area contributed by atoms with Crippen LogP contribution in [0.5, 0.6) is 11.5 Å². The third kappa shape index (κ3) is 10.8. The number of carbonyl (C=O) groups is 4. The van der Waals surface area contributed by atoms with Crippen molar-refractivity contribution in [1.29, 1.82) is 0 Å². The molecule has 75 heavy (non-hydrogen) atoms. The van der Waals surface area contributed by atoms with Gasteiger partial charge in [-0.3, -0.25) is 43.0 Å². The van der Waals surface area contributed by atoms with E-state index in [1.165, 1.54) is 13.0 Å². The standard InChI is InChI=1S/C54H63N13O8/c1-8-55-51(71)50-61-60-49(40-26-39(31(2)3)44(68)27-45(40)69)67(50)37-13-10-35(11-14-37)30-63-21-23-64(24-22-63)46(70)25-33(5)58-53(73)75-34(6)52(72)65-19-17-38(18-20-65)66-48-43(62(7)54(66)74)29-57-42-16-15-41(59-47(42)48)36-12-9-32(4)56-28-36/h9-16,26-29,31,33-34,38,68-69H,8,17-25,30H2,1-7H3,(H,55,71)(H,58,73)/t33?,34-/m0/s1. The van der Waals surface area contributed by atoms with Gasteiger partial charge in [0.1, 0.15) is 17.0 Å². The van der Waals surface area contributed by atoms with Gasteiger partial charge in [-0.1, -0.05) is 26.0 Å². The fourth-order valence-electron chi connectivity index (χ4n) is 9.98. The van der Waals surface area contributed by atoms with Crippen LogP contribution in [0.2, 0.25) is 0 Å². The van der Waals surface area contributed by atoms with E-state index in [0.717, 1.165) is 16.8 Å². The second kappa shape index (κ2) is 21.7. The molecule has 2 aliphatic heterocycles. The zero-order chi connectivity index (χ0) is 53.2. The number of aryl methyl sites for hydroxylation is 2. The molecule has 0 spiro atoms. The summed E-state index contributed by atoms with van der Waals surface area (Å²) in [6.45, 7) is 14.8. The molecule has 21 heteroatoms. The number of pyridine rings is 3. The number of aromatic hydroxyl groups is 2. The molecule has 4 N–H and O–H groups in total. The van der Waals surface area contributed by atoms with E-state index in [0.29, 0.717) is 110 Å². The van der Waals surface area contributed by atoms with Gasteiger partial charge in [0.2, 0.25) is 11.7 Å². The maximum absolute atomic E-state index is 13.8. The van der Waals surface area contributed by atoms with E-state index in [-0.39, 0.29) is 59.0 Å². The van der Waals surface area contributed by atoms with E-state index in [9.17, 15) is 34.2 Å². The molecule has 2 atom stereocenters. The highest BCUT2D eigenvalue weighted by Crippen LogP contribution is 2.38. The van der Waals surface area contributed by atoms with Crippen molar-refractivity contribution in [1.82, 2.24) is 64.2 Å². The lowest BCUT2D eigenvalue weighted by Crippen LogP contribution is -2.50. The van der Waals surface area contributed by atoms with Crippen molar-refractivity contribution in [3.8, 4) is 39.8 Å². The van der Waals surface area contributed by atoms with Gasteiger partial charge in [-0.2, -0.15) is 0 Å². The number of imidazole rings is 1. The molecule has 7 heterocycles. The number of hydrogen-bond acceptors (Lipinski definition) is 14. The number of amides is 4. The number of ether oxygens (including phenoxy) is 1. The molecule has 21 nitrogen and oxygen atoms in total. The number of hydrogen-bond donors (Lipinski definition) is 4. The summed E-state index contributed by atoms with van der Waals surface area (Å²) >= 11 is 0. The van der Waals surface area contributed by atoms with Crippen molar-refractivity contribution in [2.24, 2.45) is 7.05 Å². The van der Waals surface area contributed by atoms with E-state index >= 15 is 0 Å². The van der Waals surface area contributed by atoms with Gasteiger partial charge in [-0.05, 0) is 100 Å². The molecule has 7 aromatic rings. The van der Waals surface area contributed by atoms with E-state index in [1.807, 2.05) is 69.3 Å². The average molecular weight is 1020 g/mol.